The number of nitrogens with zero attached hydrogens (tertiary/aromatic N) is 1. The lowest BCUT2D eigenvalue weighted by atomic mass is 10.0. The van der Waals surface area contributed by atoms with E-state index >= 15 is 0 Å². The summed E-state index contributed by atoms with van der Waals surface area (Å²) in [5.41, 5.74) is 0. The van der Waals surface area contributed by atoms with Crippen molar-refractivity contribution in [1.29, 1.82) is 0 Å². The minimum absolute atomic E-state index is 0.0886. The van der Waals surface area contributed by atoms with Crippen molar-refractivity contribution in [2.24, 2.45) is 0 Å². The van der Waals surface area contributed by atoms with E-state index in [4.69, 9.17) is 18.5 Å². The van der Waals surface area contributed by atoms with E-state index in [0.29, 0.717) is 24.1 Å². The summed E-state index contributed by atoms with van der Waals surface area (Å²) in [6.45, 7) is 5.63. The number of rotatable bonds is 48. The fourth-order valence-electron chi connectivity index (χ4n) is 7.29. The summed E-state index contributed by atoms with van der Waals surface area (Å²) in [5.74, 6) is -0.312. The van der Waals surface area contributed by atoms with Crippen LogP contribution < -0.4 is 0 Å². The number of unbranched alkanes of at least 4 members (excludes halogenated alkanes) is 30. The monoisotopic (exact) mass is 871 g/mol. The van der Waals surface area contributed by atoms with E-state index in [0.717, 1.165) is 44.9 Å². The van der Waals surface area contributed by atoms with Crippen LogP contribution >= 0.6 is 7.82 Å². The Kier molecular flexibility index (Phi) is 43.8. The Hall–Kier alpha value is -1.02. The molecule has 0 radical (unpaired) electrons. The minimum Gasteiger partial charge on any atom is -0.457 e. The van der Waals surface area contributed by atoms with Gasteiger partial charge < -0.3 is 18.9 Å². The normalized spacial score (nSPS) is 13.8. The van der Waals surface area contributed by atoms with Gasteiger partial charge in [0.1, 0.15) is 19.3 Å². The molecule has 0 rings (SSSR count). The molecule has 2 unspecified atom stereocenters. The molecule has 0 saturated heterocycles. The average Bonchev–Trinajstić information content (AvgIpc) is 3.20. The van der Waals surface area contributed by atoms with Crippen molar-refractivity contribution in [1.82, 2.24) is 0 Å². The molecule has 0 aliphatic carbocycles. The van der Waals surface area contributed by atoms with Crippen molar-refractivity contribution in [2.45, 2.75) is 245 Å². The largest absolute Gasteiger partial charge is 0.472 e. The maximum atomic E-state index is 12.8. The Labute approximate surface area is 373 Å². The van der Waals surface area contributed by atoms with Crippen molar-refractivity contribution in [2.75, 3.05) is 54.1 Å². The van der Waals surface area contributed by atoms with E-state index in [9.17, 15) is 14.3 Å². The molecular weight excluding hydrogens is 770 g/mol. The third kappa shape index (κ3) is 48.0. The van der Waals surface area contributed by atoms with E-state index in [1.54, 1.807) is 0 Å². The first-order valence-electron chi connectivity index (χ1n) is 25.6. The van der Waals surface area contributed by atoms with Gasteiger partial charge in [-0.15, -0.1) is 0 Å². The number of phosphoric acid groups is 1. The van der Waals surface area contributed by atoms with Gasteiger partial charge in [0, 0.05) is 13.0 Å². The molecule has 0 aliphatic heterocycles. The number of carbonyl (C=O) groups is 1. The second-order valence-electron chi connectivity index (χ2n) is 18.6. The fourth-order valence-corrected chi connectivity index (χ4v) is 8.03. The lowest BCUT2D eigenvalue weighted by Crippen LogP contribution is -2.37. The number of ether oxygens (including phenoxy) is 2. The highest BCUT2D eigenvalue weighted by atomic mass is 31.2. The zero-order valence-electron chi connectivity index (χ0n) is 40.5. The summed E-state index contributed by atoms with van der Waals surface area (Å²) in [6.07, 6.45) is 52.2. The van der Waals surface area contributed by atoms with Crippen molar-refractivity contribution in [3.8, 4) is 0 Å². The zero-order valence-corrected chi connectivity index (χ0v) is 41.4. The van der Waals surface area contributed by atoms with Crippen molar-refractivity contribution < 1.29 is 37.3 Å². The van der Waals surface area contributed by atoms with Crippen LogP contribution in [0.3, 0.4) is 0 Å². The van der Waals surface area contributed by atoms with Gasteiger partial charge in [0.05, 0.1) is 34.4 Å². The number of quaternary nitrogens is 1. The molecule has 0 amide bonds. The Bertz CT molecular complexity index is 1010. The quantitative estimate of drug-likeness (QED) is 0.0214. The maximum absolute atomic E-state index is 12.8. The van der Waals surface area contributed by atoms with E-state index in [1.807, 2.05) is 21.1 Å². The third-order valence-corrected chi connectivity index (χ3v) is 12.2. The fraction of sp³-hybridized carbons (Fsp3) is 0.902. The topological polar surface area (TPSA) is 91.3 Å². The molecule has 0 saturated carbocycles. The van der Waals surface area contributed by atoms with Gasteiger partial charge in [-0.1, -0.05) is 212 Å². The maximum Gasteiger partial charge on any atom is 0.472 e. The molecule has 0 aliphatic rings. The lowest BCUT2D eigenvalue weighted by Gasteiger charge is -2.24. The van der Waals surface area contributed by atoms with Crippen molar-refractivity contribution in [3.63, 3.8) is 0 Å². The number of likely N-dealkylation sites (N-methyl/N-ethyl adjacent to an activating group) is 1. The van der Waals surface area contributed by atoms with Gasteiger partial charge in [0.2, 0.25) is 0 Å². The molecule has 0 bridgehead atoms. The smallest absolute Gasteiger partial charge is 0.457 e. The second kappa shape index (κ2) is 44.6. The number of phosphoric ester groups is 1. The Morgan fingerprint density at radius 2 is 0.917 bits per heavy atom. The molecule has 1 N–H and O–H groups in total. The summed E-state index contributed by atoms with van der Waals surface area (Å²) >= 11 is 0. The highest BCUT2D eigenvalue weighted by Gasteiger charge is 2.26. The molecular formula is C51H101NO7P+. The standard InChI is InChI=1S/C51H100NO7P/c1-6-8-10-12-14-16-18-20-22-24-25-26-27-28-30-32-34-36-38-40-42-44-51(53)59-50(49-58-60(54,55)57-47-45-52(3,4)5)48-56-46-43-41-39-37-35-33-31-29-23-21-19-17-15-13-11-9-7-2/h17,19,23,29,50H,6-16,18,20-22,24-28,30-49H2,1-5H3/p+1/b19-17-,29-23-. The molecule has 8 nitrogen and oxygen atoms in total. The summed E-state index contributed by atoms with van der Waals surface area (Å²) in [6, 6.07) is 0. The van der Waals surface area contributed by atoms with E-state index < -0.39 is 13.9 Å². The molecule has 356 valence electrons. The average molecular weight is 871 g/mol. The second-order valence-corrected chi connectivity index (χ2v) is 20.0. The summed E-state index contributed by atoms with van der Waals surface area (Å²) in [7, 11) is 1.67. The van der Waals surface area contributed by atoms with Crippen LogP contribution in [0.15, 0.2) is 24.3 Å². The predicted molar refractivity (Wildman–Crippen MR) is 257 cm³/mol. The molecule has 0 spiro atoms. The third-order valence-electron chi connectivity index (χ3n) is 11.3. The zero-order chi connectivity index (χ0) is 44.1. The van der Waals surface area contributed by atoms with Gasteiger partial charge in [-0.05, 0) is 44.9 Å². The SMILES string of the molecule is CCCCCC/C=C\C/C=C\CCCCCCCCOCC(COP(=O)(O)OCC[N+](C)(C)C)OC(=O)CCCCCCCCCCCCCCCCCCCCCCC. The molecule has 60 heavy (non-hydrogen) atoms. The molecule has 0 fully saturated rings. The van der Waals surface area contributed by atoms with E-state index in [1.165, 1.54) is 173 Å². The van der Waals surface area contributed by atoms with Gasteiger partial charge in [-0.3, -0.25) is 13.8 Å². The van der Waals surface area contributed by atoms with Crippen LogP contribution in [0.5, 0.6) is 0 Å². The van der Waals surface area contributed by atoms with Gasteiger partial charge in [0.25, 0.3) is 0 Å². The van der Waals surface area contributed by atoms with Gasteiger partial charge >= 0.3 is 13.8 Å². The minimum atomic E-state index is -4.28. The molecule has 0 aromatic heterocycles. The molecule has 0 aromatic rings. The predicted octanol–water partition coefficient (Wildman–Crippen LogP) is 15.6. The molecule has 0 aromatic carbocycles. The summed E-state index contributed by atoms with van der Waals surface area (Å²) < 4.78 is 35.1. The van der Waals surface area contributed by atoms with Crippen LogP contribution in [0.25, 0.3) is 0 Å². The molecule has 0 heterocycles. The van der Waals surface area contributed by atoms with E-state index in [-0.39, 0.29) is 25.8 Å². The number of allylic oxidation sites excluding steroid dienone is 4. The summed E-state index contributed by atoms with van der Waals surface area (Å²) in [5, 5.41) is 0. The van der Waals surface area contributed by atoms with E-state index in [2.05, 4.69) is 38.2 Å². The first-order valence-corrected chi connectivity index (χ1v) is 27.1. The number of esters is 1. The van der Waals surface area contributed by atoms with Gasteiger partial charge in [0.15, 0.2) is 0 Å². The van der Waals surface area contributed by atoms with Crippen LogP contribution in [0.1, 0.15) is 239 Å². The van der Waals surface area contributed by atoms with Crippen LogP contribution in [0.2, 0.25) is 0 Å². The Balaban J connectivity index is 4.12. The van der Waals surface area contributed by atoms with Gasteiger partial charge in [-0.2, -0.15) is 0 Å². The first kappa shape index (κ1) is 59.0. The van der Waals surface area contributed by atoms with Crippen LogP contribution in [-0.4, -0.2) is 75.6 Å². The first-order chi connectivity index (χ1) is 29.1. The number of hydrogen-bond donors (Lipinski definition) is 1. The summed E-state index contributed by atoms with van der Waals surface area (Å²) in [4.78, 5) is 23.0. The number of carbonyl (C=O) groups excluding carboxylic acids is 1. The Morgan fingerprint density at radius 1 is 0.517 bits per heavy atom. The van der Waals surface area contributed by atoms with Crippen molar-refractivity contribution in [3.05, 3.63) is 24.3 Å². The van der Waals surface area contributed by atoms with Crippen LogP contribution in [0.4, 0.5) is 0 Å². The number of hydrogen-bond acceptors (Lipinski definition) is 6. The van der Waals surface area contributed by atoms with Crippen molar-refractivity contribution >= 4 is 13.8 Å². The van der Waals surface area contributed by atoms with Crippen LogP contribution in [-0.2, 0) is 27.9 Å². The Morgan fingerprint density at radius 3 is 1.37 bits per heavy atom. The van der Waals surface area contributed by atoms with Crippen LogP contribution in [0, 0.1) is 0 Å². The molecule has 9 heteroatoms. The highest BCUT2D eigenvalue weighted by molar-refractivity contribution is 7.47. The highest BCUT2D eigenvalue weighted by Crippen LogP contribution is 2.43. The molecule has 2 atom stereocenters. The lowest BCUT2D eigenvalue weighted by molar-refractivity contribution is -0.870. The van der Waals surface area contributed by atoms with Gasteiger partial charge in [-0.25, -0.2) is 4.57 Å².